The molecule has 0 unspecified atom stereocenters. The van der Waals surface area contributed by atoms with Gasteiger partial charge in [0.05, 0.1) is 0 Å². The minimum atomic E-state index is 1.14. The normalized spacial score (nSPS) is 6.11. The zero-order chi connectivity index (χ0) is 16.7. The second kappa shape index (κ2) is 43.4. The summed E-state index contributed by atoms with van der Waals surface area (Å²) in [5, 5.41) is 0. The second-order valence-electron chi connectivity index (χ2n) is 2.34. The van der Waals surface area contributed by atoms with Gasteiger partial charge in [-0.25, -0.2) is 0 Å². The van der Waals surface area contributed by atoms with E-state index in [1.807, 2.05) is 69.2 Å². The van der Waals surface area contributed by atoms with Crippen LogP contribution in [0.3, 0.4) is 0 Å². The second-order valence-corrected chi connectivity index (χ2v) is 2.34. The Morgan fingerprint density at radius 2 is 0.842 bits per heavy atom. The molecule has 19 heavy (non-hydrogen) atoms. The van der Waals surface area contributed by atoms with Gasteiger partial charge in [0, 0.05) is 0 Å². The van der Waals surface area contributed by atoms with E-state index in [2.05, 4.69) is 38.1 Å². The summed E-state index contributed by atoms with van der Waals surface area (Å²) >= 11 is 0. The Balaban J connectivity index is -0.0000000557. The SMILES string of the molecule is CC.CC.CC.CC.CC.CCc1ccc(C)cc1. The van der Waals surface area contributed by atoms with E-state index < -0.39 is 0 Å². The summed E-state index contributed by atoms with van der Waals surface area (Å²) < 4.78 is 0. The Morgan fingerprint density at radius 3 is 1.05 bits per heavy atom. The van der Waals surface area contributed by atoms with Crippen molar-refractivity contribution in [3.05, 3.63) is 35.4 Å². The van der Waals surface area contributed by atoms with Gasteiger partial charge < -0.3 is 0 Å². The number of hydrogen-bond acceptors (Lipinski definition) is 0. The maximum atomic E-state index is 2.18. The maximum Gasteiger partial charge on any atom is -0.0307 e. The third-order valence-electron chi connectivity index (χ3n) is 1.53. The molecule has 1 rings (SSSR count). The standard InChI is InChI=1S/C9H12.5C2H6/c1-3-9-6-4-8(2)5-7-9;5*1-2/h4-7H,3H2,1-2H3;5*1-2H3. The van der Waals surface area contributed by atoms with Crippen LogP contribution in [0.2, 0.25) is 0 Å². The molecule has 0 N–H and O–H groups in total. The monoisotopic (exact) mass is 270 g/mol. The third kappa shape index (κ3) is 31.7. The number of hydrogen-bond donors (Lipinski definition) is 0. The predicted molar refractivity (Wildman–Crippen MR) is 97.3 cm³/mol. The molecule has 0 radical (unpaired) electrons. The molecule has 0 spiro atoms. The van der Waals surface area contributed by atoms with E-state index in [1.165, 1.54) is 11.1 Å². The molecule has 118 valence electrons. The molecule has 0 amide bonds. The van der Waals surface area contributed by atoms with Crippen molar-refractivity contribution in [3.8, 4) is 0 Å². The fraction of sp³-hybridized carbons (Fsp3) is 0.684. The molecule has 0 saturated carbocycles. The lowest BCUT2D eigenvalue weighted by molar-refractivity contribution is 1.14. The van der Waals surface area contributed by atoms with E-state index in [1.54, 1.807) is 0 Å². The molecule has 0 nitrogen and oxygen atoms in total. The van der Waals surface area contributed by atoms with Crippen LogP contribution < -0.4 is 0 Å². The van der Waals surface area contributed by atoms with Crippen LogP contribution in [0.1, 0.15) is 87.3 Å². The van der Waals surface area contributed by atoms with Crippen molar-refractivity contribution in [2.75, 3.05) is 0 Å². The lowest BCUT2D eigenvalue weighted by atomic mass is 10.1. The Labute approximate surface area is 125 Å². The summed E-state index contributed by atoms with van der Waals surface area (Å²) in [5.41, 5.74) is 2.76. The summed E-state index contributed by atoms with van der Waals surface area (Å²) in [4.78, 5) is 0. The van der Waals surface area contributed by atoms with Gasteiger partial charge in [-0.05, 0) is 18.9 Å². The minimum absolute atomic E-state index is 1.14. The highest BCUT2D eigenvalue weighted by Gasteiger charge is 1.84. The van der Waals surface area contributed by atoms with Crippen LogP contribution in [0.25, 0.3) is 0 Å². The van der Waals surface area contributed by atoms with E-state index in [0.29, 0.717) is 0 Å². The van der Waals surface area contributed by atoms with Crippen molar-refractivity contribution in [3.63, 3.8) is 0 Å². The van der Waals surface area contributed by atoms with Crippen LogP contribution >= 0.6 is 0 Å². The van der Waals surface area contributed by atoms with E-state index in [-0.39, 0.29) is 0 Å². The molecular formula is C19H42. The molecule has 0 bridgehead atoms. The quantitative estimate of drug-likeness (QED) is 0.490. The van der Waals surface area contributed by atoms with Crippen LogP contribution in [0.4, 0.5) is 0 Å². The molecule has 1 aromatic rings. The molecular weight excluding hydrogens is 228 g/mol. The van der Waals surface area contributed by atoms with Gasteiger partial charge >= 0.3 is 0 Å². The Bertz CT molecular complexity index is 172. The van der Waals surface area contributed by atoms with Crippen LogP contribution in [0.15, 0.2) is 24.3 Å². The first-order valence-corrected chi connectivity index (χ1v) is 8.38. The fourth-order valence-electron chi connectivity index (χ4n) is 0.824. The summed E-state index contributed by atoms with van der Waals surface area (Å²) in [5.74, 6) is 0. The Morgan fingerprint density at radius 1 is 0.579 bits per heavy atom. The Hall–Kier alpha value is -0.780. The van der Waals surface area contributed by atoms with Gasteiger partial charge in [0.2, 0.25) is 0 Å². The largest absolute Gasteiger partial charge is 0.0683 e. The number of rotatable bonds is 1. The zero-order valence-electron chi connectivity index (χ0n) is 16.0. The first kappa shape index (κ1) is 30.9. The summed E-state index contributed by atoms with van der Waals surface area (Å²) in [7, 11) is 0. The van der Waals surface area contributed by atoms with E-state index in [9.17, 15) is 0 Å². The molecule has 0 atom stereocenters. The topological polar surface area (TPSA) is 0 Å². The van der Waals surface area contributed by atoms with Crippen LogP contribution in [0.5, 0.6) is 0 Å². The van der Waals surface area contributed by atoms with E-state index in [0.717, 1.165) is 6.42 Å². The van der Waals surface area contributed by atoms with Gasteiger partial charge in [-0.2, -0.15) is 0 Å². The number of aryl methyl sites for hydroxylation is 2. The van der Waals surface area contributed by atoms with Gasteiger partial charge in [-0.1, -0.05) is 106 Å². The summed E-state index contributed by atoms with van der Waals surface area (Å²) in [6.45, 7) is 24.3. The lowest BCUT2D eigenvalue weighted by Crippen LogP contribution is -1.77. The Kier molecular flexibility index (Phi) is 70.6. The van der Waals surface area contributed by atoms with Crippen LogP contribution in [-0.4, -0.2) is 0 Å². The summed E-state index contributed by atoms with van der Waals surface area (Å²) in [6, 6.07) is 8.66. The van der Waals surface area contributed by atoms with Gasteiger partial charge in [0.15, 0.2) is 0 Å². The average Bonchev–Trinajstić information content (AvgIpc) is 2.57. The molecule has 0 saturated heterocycles. The highest BCUT2D eigenvalue weighted by Crippen LogP contribution is 2.02. The van der Waals surface area contributed by atoms with Crippen LogP contribution in [-0.2, 0) is 6.42 Å². The third-order valence-corrected chi connectivity index (χ3v) is 1.53. The zero-order valence-corrected chi connectivity index (χ0v) is 16.0. The molecule has 0 aromatic heterocycles. The van der Waals surface area contributed by atoms with E-state index >= 15 is 0 Å². The molecule has 0 heteroatoms. The molecule has 0 fully saturated rings. The van der Waals surface area contributed by atoms with Gasteiger partial charge in [-0.15, -0.1) is 0 Å². The first-order chi connectivity index (χ1) is 9.33. The van der Waals surface area contributed by atoms with Crippen molar-refractivity contribution in [2.45, 2.75) is 89.5 Å². The van der Waals surface area contributed by atoms with Crippen molar-refractivity contribution < 1.29 is 0 Å². The molecule has 0 heterocycles. The van der Waals surface area contributed by atoms with Gasteiger partial charge in [-0.3, -0.25) is 0 Å². The highest BCUT2D eigenvalue weighted by atomic mass is 13.9. The van der Waals surface area contributed by atoms with Crippen molar-refractivity contribution in [2.24, 2.45) is 0 Å². The van der Waals surface area contributed by atoms with Crippen LogP contribution in [0, 0.1) is 6.92 Å². The average molecular weight is 271 g/mol. The minimum Gasteiger partial charge on any atom is -0.0683 e. The fourth-order valence-corrected chi connectivity index (χ4v) is 0.824. The lowest BCUT2D eigenvalue weighted by Gasteiger charge is -1.94. The molecule has 0 aliphatic rings. The van der Waals surface area contributed by atoms with Crippen molar-refractivity contribution in [1.82, 2.24) is 0 Å². The predicted octanol–water partition coefficient (Wildman–Crippen LogP) is 7.69. The molecule has 1 aromatic carbocycles. The van der Waals surface area contributed by atoms with Gasteiger partial charge in [0.1, 0.15) is 0 Å². The smallest absolute Gasteiger partial charge is 0.0307 e. The maximum absolute atomic E-state index is 2.18. The number of benzene rings is 1. The van der Waals surface area contributed by atoms with Crippen molar-refractivity contribution in [1.29, 1.82) is 0 Å². The summed E-state index contributed by atoms with van der Waals surface area (Å²) in [6.07, 6.45) is 1.14. The van der Waals surface area contributed by atoms with E-state index in [4.69, 9.17) is 0 Å². The van der Waals surface area contributed by atoms with Crippen molar-refractivity contribution >= 4 is 0 Å². The highest BCUT2D eigenvalue weighted by molar-refractivity contribution is 5.20. The molecule has 0 aliphatic carbocycles. The molecule has 0 aliphatic heterocycles. The first-order valence-electron chi connectivity index (χ1n) is 8.38. The van der Waals surface area contributed by atoms with Gasteiger partial charge in [0.25, 0.3) is 0 Å².